The molecule has 3 heterocycles. The van der Waals surface area contributed by atoms with Crippen LogP contribution in [0.1, 0.15) is 0 Å². The molecule has 3 aromatic heterocycles. The number of hydrogen-bond donors (Lipinski definition) is 0. The third-order valence-corrected chi connectivity index (χ3v) is 14.1. The molecule has 0 N–H and O–H groups in total. The minimum absolute atomic E-state index is 0.643. The van der Waals surface area contributed by atoms with E-state index in [1.807, 2.05) is 40.9 Å². The van der Waals surface area contributed by atoms with Gasteiger partial charge in [-0.25, -0.2) is 15.0 Å². The lowest BCUT2D eigenvalue weighted by atomic mass is 9.92. The molecule has 0 saturated carbocycles. The van der Waals surface area contributed by atoms with Crippen LogP contribution in [0, 0.1) is 0 Å². The third-order valence-electron chi connectivity index (χ3n) is 11.8. The zero-order valence-electron chi connectivity index (χ0n) is 33.4. The smallest absolute Gasteiger partial charge is 0.164 e. The molecule has 12 rings (SSSR count). The number of nitrogens with zero attached hydrogens (tertiary/aromatic N) is 3. The van der Waals surface area contributed by atoms with E-state index in [1.54, 1.807) is 0 Å². The largest absolute Gasteiger partial charge is 0.208 e. The monoisotopic (exact) mass is 825 g/mol. The van der Waals surface area contributed by atoms with Crippen LogP contribution in [0.15, 0.2) is 212 Å². The van der Waals surface area contributed by atoms with Gasteiger partial charge in [-0.1, -0.05) is 182 Å². The first-order valence-corrected chi connectivity index (χ1v) is 22.4. The Kier molecular flexibility index (Phi) is 8.87. The van der Waals surface area contributed by atoms with Gasteiger partial charge in [-0.05, 0) is 69.3 Å². The first kappa shape index (κ1) is 36.3. The molecular weight excluding hydrogens is 791 g/mol. The molecule has 9 aromatic carbocycles. The van der Waals surface area contributed by atoms with Gasteiger partial charge in [0.1, 0.15) is 0 Å². The molecule has 0 unspecified atom stereocenters. The first-order chi connectivity index (χ1) is 30.7. The van der Waals surface area contributed by atoms with E-state index in [9.17, 15) is 0 Å². The van der Waals surface area contributed by atoms with Crippen molar-refractivity contribution in [2.24, 2.45) is 0 Å². The summed E-state index contributed by atoms with van der Waals surface area (Å²) >= 11 is 3.65. The molecule has 0 spiro atoms. The molecule has 0 aliphatic carbocycles. The summed E-state index contributed by atoms with van der Waals surface area (Å²) in [7, 11) is 0. The van der Waals surface area contributed by atoms with Gasteiger partial charge in [0, 0.05) is 62.6 Å². The summed E-state index contributed by atoms with van der Waals surface area (Å²) in [5, 5.41) is 4.88. The highest BCUT2D eigenvalue weighted by Gasteiger charge is 2.21. The van der Waals surface area contributed by atoms with Crippen LogP contribution in [0.4, 0.5) is 0 Å². The van der Waals surface area contributed by atoms with Gasteiger partial charge in [-0.3, -0.25) is 0 Å². The van der Waals surface area contributed by atoms with Crippen molar-refractivity contribution in [3.05, 3.63) is 212 Å². The Hall–Kier alpha value is -7.57. The summed E-state index contributed by atoms with van der Waals surface area (Å²) < 4.78 is 4.95. The van der Waals surface area contributed by atoms with E-state index in [0.717, 1.165) is 27.6 Å². The molecule has 12 aromatic rings. The molecule has 0 aliphatic rings. The van der Waals surface area contributed by atoms with Crippen LogP contribution in [0.5, 0.6) is 0 Å². The van der Waals surface area contributed by atoms with Crippen LogP contribution in [-0.2, 0) is 0 Å². The maximum atomic E-state index is 5.40. The average molecular weight is 826 g/mol. The van der Waals surface area contributed by atoms with Gasteiger partial charge < -0.3 is 0 Å². The lowest BCUT2D eigenvalue weighted by Gasteiger charge is -2.13. The third kappa shape index (κ3) is 6.29. The Balaban J connectivity index is 1.03. The quantitative estimate of drug-likeness (QED) is 0.161. The van der Waals surface area contributed by atoms with Crippen molar-refractivity contribution in [1.82, 2.24) is 15.0 Å². The highest BCUT2D eigenvalue weighted by atomic mass is 32.1. The Morgan fingerprint density at radius 1 is 0.258 bits per heavy atom. The minimum Gasteiger partial charge on any atom is -0.208 e. The fourth-order valence-corrected chi connectivity index (χ4v) is 11.2. The van der Waals surface area contributed by atoms with Gasteiger partial charge in [-0.15, -0.1) is 22.7 Å². The topological polar surface area (TPSA) is 38.7 Å². The number of thiophene rings is 2. The maximum absolute atomic E-state index is 5.40. The second kappa shape index (κ2) is 15.2. The van der Waals surface area contributed by atoms with Gasteiger partial charge in [0.25, 0.3) is 0 Å². The molecule has 0 amide bonds. The summed E-state index contributed by atoms with van der Waals surface area (Å²) in [6.07, 6.45) is 0. The van der Waals surface area contributed by atoms with Gasteiger partial charge in [0.05, 0.1) is 0 Å². The van der Waals surface area contributed by atoms with Crippen molar-refractivity contribution >= 4 is 63.0 Å². The van der Waals surface area contributed by atoms with Crippen LogP contribution in [0.2, 0.25) is 0 Å². The molecule has 62 heavy (non-hydrogen) atoms. The molecule has 0 bridgehead atoms. The number of fused-ring (bicyclic) bond motifs is 6. The number of aromatic nitrogens is 3. The van der Waals surface area contributed by atoms with Crippen LogP contribution in [-0.4, -0.2) is 15.0 Å². The molecule has 0 aliphatic heterocycles. The van der Waals surface area contributed by atoms with Crippen LogP contribution in [0.3, 0.4) is 0 Å². The van der Waals surface area contributed by atoms with E-state index < -0.39 is 0 Å². The summed E-state index contributed by atoms with van der Waals surface area (Å²) in [5.74, 6) is 1.94. The van der Waals surface area contributed by atoms with E-state index in [0.29, 0.717) is 17.5 Å². The van der Waals surface area contributed by atoms with Crippen LogP contribution < -0.4 is 0 Å². The molecule has 0 radical (unpaired) electrons. The summed E-state index contributed by atoms with van der Waals surface area (Å²) in [6.45, 7) is 0. The number of hydrogen-bond acceptors (Lipinski definition) is 5. The summed E-state index contributed by atoms with van der Waals surface area (Å²) in [4.78, 5) is 15.9. The normalized spacial score (nSPS) is 11.5. The standard InChI is InChI=1S/C57H35N3S2/c1-3-16-36(17-4-1)38-20-13-21-39(34-38)41-22-7-8-23-42(41)40-32-33-51-49(35-40)53-48(29-15-31-52(53)61-51)57-59-55(37-18-5-2-6-19-37)58-56(60-57)47-26-10-9-24-43(47)45-27-14-28-46-44-25-11-12-30-50(44)62-54(45)46/h1-35H. The minimum atomic E-state index is 0.643. The van der Waals surface area contributed by atoms with Crippen LogP contribution in [0.25, 0.3) is 119 Å². The Labute approximate surface area is 366 Å². The van der Waals surface area contributed by atoms with Gasteiger partial charge in [-0.2, -0.15) is 0 Å². The van der Waals surface area contributed by atoms with Crippen molar-refractivity contribution in [3.8, 4) is 78.7 Å². The molecule has 0 fully saturated rings. The van der Waals surface area contributed by atoms with Crippen molar-refractivity contribution in [3.63, 3.8) is 0 Å². The molecule has 0 atom stereocenters. The van der Waals surface area contributed by atoms with E-state index in [2.05, 4.69) is 194 Å². The van der Waals surface area contributed by atoms with Gasteiger partial charge >= 0.3 is 0 Å². The lowest BCUT2D eigenvalue weighted by molar-refractivity contribution is 1.08. The number of benzene rings is 9. The maximum Gasteiger partial charge on any atom is 0.164 e. The first-order valence-electron chi connectivity index (χ1n) is 20.8. The van der Waals surface area contributed by atoms with Crippen LogP contribution >= 0.6 is 22.7 Å². The predicted molar refractivity (Wildman–Crippen MR) is 264 cm³/mol. The molecular formula is C57H35N3S2. The Bertz CT molecular complexity index is 3640. The van der Waals surface area contributed by atoms with Gasteiger partial charge in [0.2, 0.25) is 0 Å². The second-order valence-corrected chi connectivity index (χ2v) is 17.6. The highest BCUT2D eigenvalue weighted by Crippen LogP contribution is 2.45. The van der Waals surface area contributed by atoms with E-state index >= 15 is 0 Å². The van der Waals surface area contributed by atoms with Gasteiger partial charge in [0.15, 0.2) is 17.5 Å². The molecule has 5 heteroatoms. The molecule has 290 valence electrons. The summed E-state index contributed by atoms with van der Waals surface area (Å²) in [6, 6.07) is 75.7. The van der Waals surface area contributed by atoms with Crippen molar-refractivity contribution in [2.45, 2.75) is 0 Å². The predicted octanol–water partition coefficient (Wildman–Crippen LogP) is 16.3. The van der Waals surface area contributed by atoms with Crippen molar-refractivity contribution in [2.75, 3.05) is 0 Å². The Morgan fingerprint density at radius 3 is 1.58 bits per heavy atom. The van der Waals surface area contributed by atoms with E-state index in [-0.39, 0.29) is 0 Å². The fourth-order valence-electron chi connectivity index (χ4n) is 8.87. The van der Waals surface area contributed by atoms with Crippen molar-refractivity contribution in [1.29, 1.82) is 0 Å². The number of rotatable bonds is 7. The van der Waals surface area contributed by atoms with E-state index in [1.165, 1.54) is 73.9 Å². The lowest BCUT2D eigenvalue weighted by Crippen LogP contribution is -2.01. The molecule has 3 nitrogen and oxygen atoms in total. The highest BCUT2D eigenvalue weighted by molar-refractivity contribution is 7.26. The fraction of sp³-hybridized carbons (Fsp3) is 0. The molecule has 0 saturated heterocycles. The summed E-state index contributed by atoms with van der Waals surface area (Å²) in [5.41, 5.74) is 12.3. The van der Waals surface area contributed by atoms with Crippen molar-refractivity contribution < 1.29 is 0 Å². The zero-order valence-corrected chi connectivity index (χ0v) is 35.0. The SMILES string of the molecule is c1ccc(-c2cccc(-c3ccccc3-c3ccc4sc5cccc(-c6nc(-c7ccccc7)nc(-c7ccccc7-c7cccc8c7sc7ccccc78)n6)c5c4c3)c2)cc1. The Morgan fingerprint density at radius 2 is 0.774 bits per heavy atom. The van der Waals surface area contributed by atoms with E-state index in [4.69, 9.17) is 15.0 Å². The zero-order chi connectivity index (χ0) is 41.0. The second-order valence-electron chi connectivity index (χ2n) is 15.5. The average Bonchev–Trinajstić information content (AvgIpc) is 3.93.